The van der Waals surface area contributed by atoms with Crippen LogP contribution < -0.4 is 0 Å². The highest BCUT2D eigenvalue weighted by Crippen LogP contribution is 2.48. The molecule has 3 nitrogen and oxygen atoms in total. The molecule has 1 aliphatic carbocycles. The van der Waals surface area contributed by atoms with Gasteiger partial charge in [0.05, 0.1) is 12.2 Å². The average molecular weight is 258 g/mol. The van der Waals surface area contributed by atoms with Crippen molar-refractivity contribution >= 4 is 5.97 Å². The zero-order chi connectivity index (χ0) is 13.5. The number of rotatable bonds is 1. The molecule has 3 heteroatoms. The highest BCUT2D eigenvalue weighted by atomic mass is 16.5. The lowest BCUT2D eigenvalue weighted by molar-refractivity contribution is -0.132. The van der Waals surface area contributed by atoms with Crippen molar-refractivity contribution in [2.75, 3.05) is 0 Å². The molecule has 1 spiro atoms. The molecule has 0 aromatic heterocycles. The van der Waals surface area contributed by atoms with Gasteiger partial charge in [-0.3, -0.25) is 0 Å². The van der Waals surface area contributed by atoms with Gasteiger partial charge in [0.1, 0.15) is 0 Å². The van der Waals surface area contributed by atoms with E-state index >= 15 is 0 Å². The lowest BCUT2D eigenvalue weighted by atomic mass is 9.76. The summed E-state index contributed by atoms with van der Waals surface area (Å²) in [5.41, 5.74) is 4.01. The van der Waals surface area contributed by atoms with Crippen LogP contribution in [-0.2, 0) is 21.7 Å². The first-order valence-corrected chi connectivity index (χ1v) is 6.77. The van der Waals surface area contributed by atoms with Crippen molar-refractivity contribution in [2.45, 2.75) is 44.8 Å². The largest absolute Gasteiger partial charge is 0.478 e. The van der Waals surface area contributed by atoms with Crippen LogP contribution in [0.4, 0.5) is 0 Å². The molecule has 0 atom stereocenters. The van der Waals surface area contributed by atoms with E-state index in [4.69, 9.17) is 9.84 Å². The second-order valence-electron chi connectivity index (χ2n) is 5.47. The summed E-state index contributed by atoms with van der Waals surface area (Å²) >= 11 is 0. The van der Waals surface area contributed by atoms with Crippen LogP contribution in [0.2, 0.25) is 0 Å². The second kappa shape index (κ2) is 4.49. The summed E-state index contributed by atoms with van der Waals surface area (Å²) < 4.78 is 6.07. The van der Waals surface area contributed by atoms with Crippen LogP contribution in [-0.4, -0.2) is 11.1 Å². The number of fused-ring (bicyclic) bond motifs is 2. The molecule has 1 N–H and O–H groups in total. The lowest BCUT2D eigenvalue weighted by Gasteiger charge is -2.35. The average Bonchev–Trinajstić information content (AvgIpc) is 2.78. The van der Waals surface area contributed by atoms with Gasteiger partial charge < -0.3 is 9.84 Å². The van der Waals surface area contributed by atoms with Gasteiger partial charge in [0.2, 0.25) is 0 Å². The molecule has 0 saturated heterocycles. The van der Waals surface area contributed by atoms with Gasteiger partial charge >= 0.3 is 5.97 Å². The maximum atomic E-state index is 11.0. The number of benzene rings is 1. The summed E-state index contributed by atoms with van der Waals surface area (Å²) in [5.74, 6) is -0.793. The summed E-state index contributed by atoms with van der Waals surface area (Å²) in [7, 11) is 0. The number of hydrogen-bond acceptors (Lipinski definition) is 2. The summed E-state index contributed by atoms with van der Waals surface area (Å²) in [4.78, 5) is 11.0. The Bertz CT molecular complexity index is 547. The smallest absolute Gasteiger partial charge is 0.331 e. The van der Waals surface area contributed by atoms with E-state index in [-0.39, 0.29) is 5.60 Å². The monoisotopic (exact) mass is 258 g/mol. The first kappa shape index (κ1) is 12.4. The van der Waals surface area contributed by atoms with E-state index in [1.54, 1.807) is 6.92 Å². The Morgan fingerprint density at radius 3 is 2.63 bits per heavy atom. The van der Waals surface area contributed by atoms with Crippen molar-refractivity contribution in [3.8, 4) is 0 Å². The molecule has 0 unspecified atom stereocenters. The van der Waals surface area contributed by atoms with Crippen LogP contribution in [0.3, 0.4) is 0 Å². The zero-order valence-corrected chi connectivity index (χ0v) is 11.1. The molecule has 1 aromatic rings. The van der Waals surface area contributed by atoms with Gasteiger partial charge in [-0.2, -0.15) is 0 Å². The number of carboxylic acids is 1. The van der Waals surface area contributed by atoms with E-state index in [2.05, 4.69) is 18.2 Å². The normalized spacial score (nSPS) is 25.4. The van der Waals surface area contributed by atoms with Crippen LogP contribution in [0.5, 0.6) is 0 Å². The van der Waals surface area contributed by atoms with E-state index in [1.807, 2.05) is 6.07 Å². The lowest BCUT2D eigenvalue weighted by Crippen LogP contribution is -2.29. The number of aliphatic carboxylic acids is 1. The van der Waals surface area contributed by atoms with Crippen LogP contribution >= 0.6 is 0 Å². The molecule has 0 amide bonds. The fourth-order valence-electron chi connectivity index (χ4n) is 3.28. The van der Waals surface area contributed by atoms with Gasteiger partial charge in [-0.15, -0.1) is 0 Å². The Morgan fingerprint density at radius 2 is 1.95 bits per heavy atom. The maximum absolute atomic E-state index is 11.0. The first-order valence-electron chi connectivity index (χ1n) is 6.77. The Hall–Kier alpha value is -1.61. The van der Waals surface area contributed by atoms with Gasteiger partial charge in [0, 0.05) is 5.57 Å². The summed E-state index contributed by atoms with van der Waals surface area (Å²) in [6.07, 6.45) is 3.44. The predicted octanol–water partition coefficient (Wildman–Crippen LogP) is 3.39. The number of hydrogen-bond donors (Lipinski definition) is 1. The molecule has 1 aliphatic heterocycles. The van der Waals surface area contributed by atoms with Gasteiger partial charge in [-0.1, -0.05) is 29.8 Å². The van der Waals surface area contributed by atoms with Gasteiger partial charge in [-0.25, -0.2) is 4.79 Å². The Kier molecular flexibility index (Phi) is 2.94. The van der Waals surface area contributed by atoms with Crippen molar-refractivity contribution in [1.29, 1.82) is 0 Å². The molecule has 1 saturated carbocycles. The SMILES string of the molecule is CC(C(=O)O)=C1CCC2(CC1)OCc1ccccc12. The van der Waals surface area contributed by atoms with Crippen LogP contribution in [0.1, 0.15) is 43.7 Å². The van der Waals surface area contributed by atoms with E-state index in [9.17, 15) is 4.79 Å². The molecule has 0 bridgehead atoms. The highest BCUT2D eigenvalue weighted by Gasteiger charge is 2.41. The van der Waals surface area contributed by atoms with Crippen molar-refractivity contribution in [1.82, 2.24) is 0 Å². The third kappa shape index (κ3) is 1.98. The fraction of sp³-hybridized carbons (Fsp3) is 0.438. The van der Waals surface area contributed by atoms with E-state index in [0.717, 1.165) is 31.3 Å². The topological polar surface area (TPSA) is 46.5 Å². The Morgan fingerprint density at radius 1 is 1.26 bits per heavy atom. The quantitative estimate of drug-likeness (QED) is 0.785. The van der Waals surface area contributed by atoms with Crippen molar-refractivity contribution in [3.05, 3.63) is 46.5 Å². The molecule has 1 fully saturated rings. The zero-order valence-electron chi connectivity index (χ0n) is 11.1. The first-order chi connectivity index (χ1) is 9.12. The van der Waals surface area contributed by atoms with E-state index in [1.165, 1.54) is 11.1 Å². The van der Waals surface area contributed by atoms with Gasteiger partial charge in [-0.05, 0) is 43.7 Å². The van der Waals surface area contributed by atoms with E-state index < -0.39 is 5.97 Å². The maximum Gasteiger partial charge on any atom is 0.331 e. The van der Waals surface area contributed by atoms with Crippen molar-refractivity contribution < 1.29 is 14.6 Å². The molecule has 2 aliphatic rings. The molecule has 1 heterocycles. The summed E-state index contributed by atoms with van der Waals surface area (Å²) in [5, 5.41) is 9.06. The van der Waals surface area contributed by atoms with Crippen molar-refractivity contribution in [2.24, 2.45) is 0 Å². The second-order valence-corrected chi connectivity index (χ2v) is 5.47. The van der Waals surface area contributed by atoms with Gasteiger partial charge in [0.15, 0.2) is 0 Å². The predicted molar refractivity (Wildman–Crippen MR) is 71.7 cm³/mol. The van der Waals surface area contributed by atoms with Gasteiger partial charge in [0.25, 0.3) is 0 Å². The molecule has 3 rings (SSSR count). The molecule has 1 aromatic carbocycles. The number of allylic oxidation sites excluding steroid dienone is 1. The van der Waals surface area contributed by atoms with Crippen LogP contribution in [0.15, 0.2) is 35.4 Å². The summed E-state index contributed by atoms with van der Waals surface area (Å²) in [6, 6.07) is 8.38. The highest BCUT2D eigenvalue weighted by molar-refractivity contribution is 5.86. The minimum absolute atomic E-state index is 0.168. The third-order valence-corrected chi connectivity index (χ3v) is 4.52. The number of ether oxygens (including phenoxy) is 1. The summed E-state index contributed by atoms with van der Waals surface area (Å²) in [6.45, 7) is 2.40. The molecule has 100 valence electrons. The van der Waals surface area contributed by atoms with Crippen molar-refractivity contribution in [3.63, 3.8) is 0 Å². The van der Waals surface area contributed by atoms with Crippen LogP contribution in [0, 0.1) is 0 Å². The van der Waals surface area contributed by atoms with E-state index in [0.29, 0.717) is 12.2 Å². The standard InChI is InChI=1S/C16H18O3/c1-11(15(17)18)12-6-8-16(9-7-12)14-5-3-2-4-13(14)10-19-16/h2-5H,6-10H2,1H3,(H,17,18). The minimum atomic E-state index is -0.793. The molecular formula is C16H18O3. The minimum Gasteiger partial charge on any atom is -0.478 e. The molecular weight excluding hydrogens is 240 g/mol. The molecule has 19 heavy (non-hydrogen) atoms. The Balaban J connectivity index is 1.85. The Labute approximate surface area is 112 Å². The number of carbonyl (C=O) groups is 1. The van der Waals surface area contributed by atoms with Crippen LogP contribution in [0.25, 0.3) is 0 Å². The number of carboxylic acid groups (broad SMARTS) is 1. The third-order valence-electron chi connectivity index (χ3n) is 4.52. The fourth-order valence-corrected chi connectivity index (χ4v) is 3.28. The molecule has 0 radical (unpaired) electrons.